The van der Waals surface area contributed by atoms with Crippen molar-refractivity contribution in [2.24, 2.45) is 0 Å². The Morgan fingerprint density at radius 3 is 2.95 bits per heavy atom. The molecule has 0 saturated carbocycles. The number of nitro benzene ring substituents is 1. The van der Waals surface area contributed by atoms with Crippen LogP contribution in [0.5, 0.6) is 0 Å². The van der Waals surface area contributed by atoms with E-state index in [4.69, 9.17) is 10.00 Å². The number of anilines is 1. The maximum absolute atomic E-state index is 10.7. The lowest BCUT2D eigenvalue weighted by atomic mass is 10.1. The molecule has 0 radical (unpaired) electrons. The maximum Gasteiger partial charge on any atom is 0.287 e. The third-order valence-corrected chi connectivity index (χ3v) is 2.48. The average Bonchev–Trinajstić information content (AvgIpc) is 2.38. The lowest BCUT2D eigenvalue weighted by molar-refractivity contribution is -0.385. The van der Waals surface area contributed by atoms with Crippen molar-refractivity contribution >= 4 is 11.4 Å². The van der Waals surface area contributed by atoms with E-state index in [2.05, 4.69) is 5.32 Å². The first kappa shape index (κ1) is 14.9. The fourth-order valence-corrected chi connectivity index (χ4v) is 1.55. The summed E-state index contributed by atoms with van der Waals surface area (Å²) >= 11 is 0. The third-order valence-electron chi connectivity index (χ3n) is 2.48. The number of ether oxygens (including phenoxy) is 1. The van der Waals surface area contributed by atoms with Crippen LogP contribution in [0.2, 0.25) is 0 Å². The smallest absolute Gasteiger partial charge is 0.287 e. The van der Waals surface area contributed by atoms with E-state index in [-0.39, 0.29) is 17.9 Å². The molecule has 0 aliphatic heterocycles. The van der Waals surface area contributed by atoms with Crippen molar-refractivity contribution in [3.8, 4) is 6.07 Å². The van der Waals surface area contributed by atoms with Gasteiger partial charge in [0.05, 0.1) is 17.6 Å². The molecular formula is C12H15N3O4. The number of methoxy groups -OCH3 is 1. The normalized spacial score (nSPS) is 11.6. The predicted octanol–water partition coefficient (Wildman–Crippen LogP) is 1.28. The zero-order valence-electron chi connectivity index (χ0n) is 10.5. The molecule has 102 valence electrons. The van der Waals surface area contributed by atoms with Crippen LogP contribution in [0.1, 0.15) is 12.0 Å². The van der Waals surface area contributed by atoms with Gasteiger partial charge in [-0.15, -0.1) is 0 Å². The van der Waals surface area contributed by atoms with Crippen LogP contribution in [0.15, 0.2) is 18.2 Å². The monoisotopic (exact) mass is 265 g/mol. The molecule has 1 aromatic carbocycles. The number of hydrogen-bond acceptors (Lipinski definition) is 6. The quantitative estimate of drug-likeness (QED) is 0.567. The molecule has 19 heavy (non-hydrogen) atoms. The molecule has 2 N–H and O–H groups in total. The van der Waals surface area contributed by atoms with Crippen LogP contribution in [-0.2, 0) is 4.74 Å². The van der Waals surface area contributed by atoms with Gasteiger partial charge in [-0.25, -0.2) is 0 Å². The lowest BCUT2D eigenvalue weighted by Gasteiger charge is -2.11. The Hall–Kier alpha value is -2.17. The first-order valence-corrected chi connectivity index (χ1v) is 5.68. The minimum Gasteiger partial charge on any atom is -0.391 e. The number of nitriles is 1. The topological polar surface area (TPSA) is 108 Å². The predicted molar refractivity (Wildman–Crippen MR) is 68.8 cm³/mol. The van der Waals surface area contributed by atoms with Gasteiger partial charge in [-0.3, -0.25) is 10.1 Å². The number of hydrogen-bond donors (Lipinski definition) is 2. The van der Waals surface area contributed by atoms with Gasteiger partial charge in [0.25, 0.3) is 5.69 Å². The summed E-state index contributed by atoms with van der Waals surface area (Å²) in [6, 6.07) is 6.02. The van der Waals surface area contributed by atoms with E-state index in [1.54, 1.807) is 6.07 Å². The number of aliphatic hydroxyl groups excluding tert-OH is 1. The zero-order chi connectivity index (χ0) is 14.3. The van der Waals surface area contributed by atoms with Crippen LogP contribution in [0.3, 0.4) is 0 Å². The van der Waals surface area contributed by atoms with Gasteiger partial charge in [-0.1, -0.05) is 0 Å². The SMILES string of the molecule is COCC(O)CCNc1ccc([N+](=O)[O-])c(C#N)c1. The molecule has 1 unspecified atom stereocenters. The van der Waals surface area contributed by atoms with E-state index in [1.807, 2.05) is 0 Å². The minimum absolute atomic E-state index is 0.00689. The van der Waals surface area contributed by atoms with Crippen molar-refractivity contribution in [1.82, 2.24) is 0 Å². The lowest BCUT2D eigenvalue weighted by Crippen LogP contribution is -2.18. The fraction of sp³-hybridized carbons (Fsp3) is 0.417. The summed E-state index contributed by atoms with van der Waals surface area (Å²) < 4.78 is 4.79. The highest BCUT2D eigenvalue weighted by Crippen LogP contribution is 2.21. The van der Waals surface area contributed by atoms with Gasteiger partial charge in [0.1, 0.15) is 11.6 Å². The molecule has 7 nitrogen and oxygen atoms in total. The Bertz CT molecular complexity index is 484. The van der Waals surface area contributed by atoms with Crippen molar-refractivity contribution in [1.29, 1.82) is 5.26 Å². The van der Waals surface area contributed by atoms with Crippen LogP contribution < -0.4 is 5.32 Å². The van der Waals surface area contributed by atoms with Gasteiger partial charge >= 0.3 is 0 Å². The van der Waals surface area contributed by atoms with E-state index in [9.17, 15) is 15.2 Å². The van der Waals surface area contributed by atoms with Gasteiger partial charge in [0.2, 0.25) is 0 Å². The highest BCUT2D eigenvalue weighted by molar-refractivity contribution is 5.58. The first-order chi connectivity index (χ1) is 9.08. The summed E-state index contributed by atoms with van der Waals surface area (Å²) in [5.41, 5.74) is 0.395. The molecule has 1 rings (SSSR count). The van der Waals surface area contributed by atoms with Crippen molar-refractivity contribution in [2.75, 3.05) is 25.6 Å². The number of aliphatic hydroxyl groups is 1. The second kappa shape index (κ2) is 7.31. The third kappa shape index (κ3) is 4.54. The van der Waals surface area contributed by atoms with Crippen molar-refractivity contribution < 1.29 is 14.8 Å². The second-order valence-corrected chi connectivity index (χ2v) is 3.93. The average molecular weight is 265 g/mol. The zero-order valence-corrected chi connectivity index (χ0v) is 10.5. The highest BCUT2D eigenvalue weighted by atomic mass is 16.6. The minimum atomic E-state index is -0.593. The number of benzene rings is 1. The van der Waals surface area contributed by atoms with Crippen LogP contribution in [0.25, 0.3) is 0 Å². The molecule has 1 aromatic rings. The molecule has 0 spiro atoms. The van der Waals surface area contributed by atoms with E-state index in [0.29, 0.717) is 18.7 Å². The Balaban J connectivity index is 2.61. The fourth-order valence-electron chi connectivity index (χ4n) is 1.55. The van der Waals surface area contributed by atoms with Gasteiger partial charge in [0.15, 0.2) is 0 Å². The molecule has 0 aliphatic carbocycles. The number of nitrogens with one attached hydrogen (secondary N) is 1. The number of rotatable bonds is 7. The second-order valence-electron chi connectivity index (χ2n) is 3.93. The molecule has 1 atom stereocenters. The van der Waals surface area contributed by atoms with Crippen LogP contribution in [-0.4, -0.2) is 36.4 Å². The molecule has 0 heterocycles. The molecule has 0 saturated heterocycles. The van der Waals surface area contributed by atoms with E-state index >= 15 is 0 Å². The van der Waals surface area contributed by atoms with Crippen molar-refractivity contribution in [2.45, 2.75) is 12.5 Å². The van der Waals surface area contributed by atoms with Gasteiger partial charge in [-0.05, 0) is 18.6 Å². The summed E-state index contributed by atoms with van der Waals surface area (Å²) in [5.74, 6) is 0. The molecular weight excluding hydrogens is 250 g/mol. The van der Waals surface area contributed by atoms with Crippen LogP contribution in [0.4, 0.5) is 11.4 Å². The summed E-state index contributed by atoms with van der Waals surface area (Å²) in [7, 11) is 1.51. The maximum atomic E-state index is 10.7. The Morgan fingerprint density at radius 2 is 2.37 bits per heavy atom. The molecule has 0 aromatic heterocycles. The largest absolute Gasteiger partial charge is 0.391 e. The molecule has 0 aliphatic rings. The van der Waals surface area contributed by atoms with Crippen LogP contribution >= 0.6 is 0 Å². The summed E-state index contributed by atoms with van der Waals surface area (Å²) in [5, 5.41) is 31.9. The molecule has 0 bridgehead atoms. The first-order valence-electron chi connectivity index (χ1n) is 5.68. The molecule has 0 amide bonds. The molecule has 0 fully saturated rings. The summed E-state index contributed by atoms with van der Waals surface area (Å²) in [6.07, 6.45) is -0.0850. The van der Waals surface area contributed by atoms with E-state index in [1.165, 1.54) is 25.3 Å². The van der Waals surface area contributed by atoms with Gasteiger partial charge < -0.3 is 15.2 Å². The van der Waals surface area contributed by atoms with Gasteiger partial charge in [0, 0.05) is 25.4 Å². The number of nitrogens with zero attached hydrogens (tertiary/aromatic N) is 2. The van der Waals surface area contributed by atoms with Crippen LogP contribution in [0, 0.1) is 21.4 Å². The standard InChI is InChI=1S/C12H15N3O4/c1-19-8-11(16)4-5-14-10-2-3-12(15(17)18)9(6-10)7-13/h2-3,6,11,14,16H,4-5,8H2,1H3. The van der Waals surface area contributed by atoms with Crippen molar-refractivity contribution in [3.05, 3.63) is 33.9 Å². The highest BCUT2D eigenvalue weighted by Gasteiger charge is 2.13. The molecule has 7 heteroatoms. The Kier molecular flexibility index (Phi) is 5.73. The van der Waals surface area contributed by atoms with E-state index in [0.717, 1.165) is 0 Å². The van der Waals surface area contributed by atoms with Crippen molar-refractivity contribution in [3.63, 3.8) is 0 Å². The number of nitro groups is 1. The summed E-state index contributed by atoms with van der Waals surface area (Å²) in [6.45, 7) is 0.735. The van der Waals surface area contributed by atoms with Gasteiger partial charge in [-0.2, -0.15) is 5.26 Å². The van der Waals surface area contributed by atoms with E-state index < -0.39 is 11.0 Å². The summed E-state index contributed by atoms with van der Waals surface area (Å²) in [4.78, 5) is 10.1. The Labute approximate surface area is 110 Å². The Morgan fingerprint density at radius 1 is 1.63 bits per heavy atom.